The van der Waals surface area contributed by atoms with Gasteiger partial charge in [-0.25, -0.2) is 23.1 Å². The van der Waals surface area contributed by atoms with Crippen LogP contribution in [0.25, 0.3) is 0 Å². The maximum Gasteiger partial charge on any atom is 0.216 e. The van der Waals surface area contributed by atoms with Crippen LogP contribution in [-0.4, -0.2) is 17.1 Å². The Balaban J connectivity index is 2.44. The molecule has 0 amide bonds. The molecular formula is C12H10F3N3O. The number of benzene rings is 1. The Morgan fingerprint density at radius 1 is 1.16 bits per heavy atom. The van der Waals surface area contributed by atoms with Crippen LogP contribution in [0.5, 0.6) is 5.88 Å². The number of ether oxygens (including phenoxy) is 1. The van der Waals surface area contributed by atoms with Crippen molar-refractivity contribution in [2.75, 3.05) is 7.11 Å². The zero-order chi connectivity index (χ0) is 14.0. The second kappa shape index (κ2) is 5.23. The van der Waals surface area contributed by atoms with Gasteiger partial charge in [0.15, 0.2) is 17.5 Å². The van der Waals surface area contributed by atoms with Gasteiger partial charge in [-0.1, -0.05) is 6.07 Å². The van der Waals surface area contributed by atoms with Gasteiger partial charge in [0.2, 0.25) is 5.88 Å². The number of halogens is 3. The highest BCUT2D eigenvalue weighted by Crippen LogP contribution is 2.24. The number of rotatable bonds is 3. The molecule has 19 heavy (non-hydrogen) atoms. The van der Waals surface area contributed by atoms with Crippen LogP contribution in [0.3, 0.4) is 0 Å². The van der Waals surface area contributed by atoms with Gasteiger partial charge in [-0.2, -0.15) is 0 Å². The van der Waals surface area contributed by atoms with E-state index in [9.17, 15) is 13.2 Å². The monoisotopic (exact) mass is 269 g/mol. The third-order valence-electron chi connectivity index (χ3n) is 2.59. The lowest BCUT2D eigenvalue weighted by Crippen LogP contribution is -2.16. The van der Waals surface area contributed by atoms with E-state index in [1.165, 1.54) is 19.5 Å². The van der Waals surface area contributed by atoms with E-state index in [1.54, 1.807) is 0 Å². The smallest absolute Gasteiger partial charge is 0.216 e. The molecule has 0 spiro atoms. The first-order chi connectivity index (χ1) is 9.04. The molecule has 1 aromatic heterocycles. The summed E-state index contributed by atoms with van der Waals surface area (Å²) >= 11 is 0. The lowest BCUT2D eigenvalue weighted by Gasteiger charge is -2.13. The number of nitrogens with zero attached hydrogens (tertiary/aromatic N) is 2. The lowest BCUT2D eigenvalue weighted by molar-refractivity contribution is 0.395. The molecule has 0 aliphatic rings. The van der Waals surface area contributed by atoms with Gasteiger partial charge in [0, 0.05) is 11.6 Å². The van der Waals surface area contributed by atoms with Gasteiger partial charge < -0.3 is 10.5 Å². The van der Waals surface area contributed by atoms with Crippen molar-refractivity contribution >= 4 is 0 Å². The van der Waals surface area contributed by atoms with E-state index in [1.807, 2.05) is 0 Å². The van der Waals surface area contributed by atoms with Crippen LogP contribution < -0.4 is 10.5 Å². The van der Waals surface area contributed by atoms with Crippen molar-refractivity contribution < 1.29 is 17.9 Å². The molecule has 0 saturated heterocycles. The topological polar surface area (TPSA) is 61.0 Å². The molecule has 2 N–H and O–H groups in total. The van der Waals surface area contributed by atoms with Crippen molar-refractivity contribution in [2.24, 2.45) is 5.73 Å². The summed E-state index contributed by atoms with van der Waals surface area (Å²) in [6, 6.07) is 2.23. The fourth-order valence-corrected chi connectivity index (χ4v) is 1.58. The zero-order valence-electron chi connectivity index (χ0n) is 9.90. The third-order valence-corrected chi connectivity index (χ3v) is 2.59. The second-order valence-corrected chi connectivity index (χ2v) is 3.73. The molecule has 1 heterocycles. The number of hydrogen-bond donors (Lipinski definition) is 1. The predicted molar refractivity (Wildman–Crippen MR) is 60.9 cm³/mol. The van der Waals surface area contributed by atoms with Crippen LogP contribution in [0.1, 0.15) is 17.3 Å². The van der Waals surface area contributed by atoms with Crippen molar-refractivity contribution in [3.05, 3.63) is 53.2 Å². The lowest BCUT2D eigenvalue weighted by atomic mass is 10.0. The van der Waals surface area contributed by atoms with Gasteiger partial charge in [0.1, 0.15) is 6.33 Å². The quantitative estimate of drug-likeness (QED) is 0.865. The Labute approximate surface area is 107 Å². The van der Waals surface area contributed by atoms with Crippen LogP contribution in [0.2, 0.25) is 0 Å². The average molecular weight is 269 g/mol. The average Bonchev–Trinajstić information content (AvgIpc) is 2.44. The summed E-state index contributed by atoms with van der Waals surface area (Å²) in [5.41, 5.74) is 5.82. The zero-order valence-corrected chi connectivity index (χ0v) is 9.90. The second-order valence-electron chi connectivity index (χ2n) is 3.73. The molecule has 0 bridgehead atoms. The minimum atomic E-state index is -1.56. The van der Waals surface area contributed by atoms with E-state index in [-0.39, 0.29) is 17.1 Å². The summed E-state index contributed by atoms with van der Waals surface area (Å²) in [7, 11) is 1.40. The van der Waals surface area contributed by atoms with Crippen LogP contribution >= 0.6 is 0 Å². The van der Waals surface area contributed by atoms with E-state index in [0.29, 0.717) is 0 Å². The van der Waals surface area contributed by atoms with Crippen LogP contribution in [0.4, 0.5) is 13.2 Å². The first kappa shape index (κ1) is 13.3. The minimum absolute atomic E-state index is 0.195. The molecule has 100 valence electrons. The Morgan fingerprint density at radius 3 is 2.58 bits per heavy atom. The van der Waals surface area contributed by atoms with Crippen molar-refractivity contribution in [1.82, 2.24) is 9.97 Å². The van der Waals surface area contributed by atoms with E-state index in [4.69, 9.17) is 10.5 Å². The van der Waals surface area contributed by atoms with Gasteiger partial charge >= 0.3 is 0 Å². The van der Waals surface area contributed by atoms with Crippen LogP contribution in [-0.2, 0) is 0 Å². The predicted octanol–water partition coefficient (Wildman–Crippen LogP) is 1.95. The van der Waals surface area contributed by atoms with E-state index >= 15 is 0 Å². The van der Waals surface area contributed by atoms with E-state index in [2.05, 4.69) is 9.97 Å². The first-order valence-corrected chi connectivity index (χ1v) is 5.29. The van der Waals surface area contributed by atoms with Crippen LogP contribution in [0.15, 0.2) is 24.5 Å². The molecule has 2 aromatic rings. The molecule has 2 rings (SSSR count). The van der Waals surface area contributed by atoms with Gasteiger partial charge in [-0.05, 0) is 6.07 Å². The van der Waals surface area contributed by atoms with Gasteiger partial charge in [-0.15, -0.1) is 0 Å². The number of nitrogens with two attached hydrogens (primary N) is 1. The highest BCUT2D eigenvalue weighted by atomic mass is 19.2. The Bertz CT molecular complexity index is 607. The van der Waals surface area contributed by atoms with Crippen molar-refractivity contribution in [2.45, 2.75) is 6.04 Å². The largest absolute Gasteiger partial charge is 0.481 e. The van der Waals surface area contributed by atoms with E-state index < -0.39 is 23.5 Å². The molecule has 0 saturated carbocycles. The summed E-state index contributed by atoms with van der Waals surface area (Å²) in [5, 5.41) is 0. The standard InChI is InChI=1S/C12H10F3N3O/c1-19-9-4-8(17-5-18-9)12(16)6-2-3-7(13)11(15)10(6)14/h2-5,12H,16H2,1H3. The Kier molecular flexibility index (Phi) is 3.66. The highest BCUT2D eigenvalue weighted by molar-refractivity contribution is 5.31. The summed E-state index contributed by atoms with van der Waals surface area (Å²) in [6.07, 6.45) is 1.19. The minimum Gasteiger partial charge on any atom is -0.481 e. The van der Waals surface area contributed by atoms with E-state index in [0.717, 1.165) is 12.1 Å². The van der Waals surface area contributed by atoms with Gasteiger partial charge in [0.05, 0.1) is 18.8 Å². The normalized spacial score (nSPS) is 12.3. The SMILES string of the molecule is COc1cc(C(N)c2ccc(F)c(F)c2F)ncn1. The highest BCUT2D eigenvalue weighted by Gasteiger charge is 2.20. The maximum absolute atomic E-state index is 13.6. The number of methoxy groups -OCH3 is 1. The fraction of sp³-hybridized carbons (Fsp3) is 0.167. The fourth-order valence-electron chi connectivity index (χ4n) is 1.58. The molecule has 0 fully saturated rings. The molecule has 1 aromatic carbocycles. The van der Waals surface area contributed by atoms with Gasteiger partial charge in [0.25, 0.3) is 0 Å². The summed E-state index contributed by atoms with van der Waals surface area (Å²) in [4.78, 5) is 7.63. The molecule has 7 heteroatoms. The summed E-state index contributed by atoms with van der Waals surface area (Å²) in [5.74, 6) is -3.92. The molecule has 1 unspecified atom stereocenters. The summed E-state index contributed by atoms with van der Waals surface area (Å²) < 4.78 is 44.5. The van der Waals surface area contributed by atoms with Crippen molar-refractivity contribution in [1.29, 1.82) is 0 Å². The molecule has 4 nitrogen and oxygen atoms in total. The molecule has 0 aliphatic heterocycles. The molecular weight excluding hydrogens is 259 g/mol. The number of hydrogen-bond acceptors (Lipinski definition) is 4. The van der Waals surface area contributed by atoms with Crippen LogP contribution in [0, 0.1) is 17.5 Å². The molecule has 0 radical (unpaired) electrons. The Hall–Kier alpha value is -2.15. The van der Waals surface area contributed by atoms with Crippen molar-refractivity contribution in [3.63, 3.8) is 0 Å². The Morgan fingerprint density at radius 2 is 1.89 bits per heavy atom. The maximum atomic E-state index is 13.6. The molecule has 0 aliphatic carbocycles. The van der Waals surface area contributed by atoms with Gasteiger partial charge in [-0.3, -0.25) is 0 Å². The third kappa shape index (κ3) is 2.50. The molecule has 1 atom stereocenters. The van der Waals surface area contributed by atoms with Crippen molar-refractivity contribution in [3.8, 4) is 5.88 Å². The number of aromatic nitrogens is 2. The first-order valence-electron chi connectivity index (χ1n) is 5.29. The summed E-state index contributed by atoms with van der Waals surface area (Å²) in [6.45, 7) is 0.